The SMILES string of the molecule is Cc1nccn1-c1ccc(Cn2ccnc2-c2ccc(S(C)(=O)=O)cc2)cc1. The Labute approximate surface area is 164 Å². The second-order valence-electron chi connectivity index (χ2n) is 6.69. The van der Waals surface area contributed by atoms with Crippen LogP contribution in [0.1, 0.15) is 11.4 Å². The summed E-state index contributed by atoms with van der Waals surface area (Å²) in [7, 11) is -3.21. The molecule has 7 heteroatoms. The van der Waals surface area contributed by atoms with Gasteiger partial charge in [-0.2, -0.15) is 0 Å². The Morgan fingerprint density at radius 1 is 0.893 bits per heavy atom. The Balaban J connectivity index is 1.57. The van der Waals surface area contributed by atoms with Gasteiger partial charge >= 0.3 is 0 Å². The standard InChI is InChI=1S/C21H20N4O2S/c1-16-22-12-14-25(16)19-7-3-17(4-8-19)15-24-13-11-23-21(24)18-5-9-20(10-6-18)28(2,26)27/h3-14H,15H2,1-2H3. The number of nitrogens with zero attached hydrogens (tertiary/aromatic N) is 4. The van der Waals surface area contributed by atoms with E-state index >= 15 is 0 Å². The van der Waals surface area contributed by atoms with Crippen LogP contribution < -0.4 is 0 Å². The average molecular weight is 392 g/mol. The summed E-state index contributed by atoms with van der Waals surface area (Å²) in [6, 6.07) is 15.1. The zero-order valence-corrected chi connectivity index (χ0v) is 16.5. The normalized spacial score (nSPS) is 11.6. The lowest BCUT2D eigenvalue weighted by Gasteiger charge is -2.10. The van der Waals surface area contributed by atoms with E-state index < -0.39 is 9.84 Å². The van der Waals surface area contributed by atoms with E-state index in [1.165, 1.54) is 6.26 Å². The largest absolute Gasteiger partial charge is 0.327 e. The minimum Gasteiger partial charge on any atom is -0.327 e. The van der Waals surface area contributed by atoms with Gasteiger partial charge in [0.1, 0.15) is 11.6 Å². The number of aryl methyl sites for hydroxylation is 1. The summed E-state index contributed by atoms with van der Waals surface area (Å²) in [5.74, 6) is 1.75. The highest BCUT2D eigenvalue weighted by Crippen LogP contribution is 2.21. The fourth-order valence-electron chi connectivity index (χ4n) is 3.16. The fourth-order valence-corrected chi connectivity index (χ4v) is 3.79. The molecular formula is C21H20N4O2S. The van der Waals surface area contributed by atoms with Gasteiger partial charge in [0.05, 0.1) is 4.90 Å². The molecule has 0 aliphatic rings. The van der Waals surface area contributed by atoms with Crippen LogP contribution in [0.4, 0.5) is 0 Å². The highest BCUT2D eigenvalue weighted by atomic mass is 32.2. The maximum Gasteiger partial charge on any atom is 0.175 e. The van der Waals surface area contributed by atoms with E-state index in [1.54, 1.807) is 36.7 Å². The molecule has 142 valence electrons. The highest BCUT2D eigenvalue weighted by molar-refractivity contribution is 7.90. The van der Waals surface area contributed by atoms with E-state index in [2.05, 4.69) is 34.2 Å². The van der Waals surface area contributed by atoms with Gasteiger partial charge in [-0.1, -0.05) is 12.1 Å². The summed E-state index contributed by atoms with van der Waals surface area (Å²) in [4.78, 5) is 9.01. The topological polar surface area (TPSA) is 69.8 Å². The lowest BCUT2D eigenvalue weighted by molar-refractivity contribution is 0.602. The molecule has 2 aromatic carbocycles. The zero-order valence-electron chi connectivity index (χ0n) is 15.6. The molecule has 0 amide bonds. The van der Waals surface area contributed by atoms with Crippen LogP contribution in [0, 0.1) is 6.92 Å². The third-order valence-corrected chi connectivity index (χ3v) is 5.78. The van der Waals surface area contributed by atoms with Gasteiger partial charge in [-0.25, -0.2) is 18.4 Å². The molecule has 0 spiro atoms. The van der Waals surface area contributed by atoms with Gasteiger partial charge in [-0.15, -0.1) is 0 Å². The van der Waals surface area contributed by atoms with Crippen molar-refractivity contribution >= 4 is 9.84 Å². The first-order valence-electron chi connectivity index (χ1n) is 8.83. The Hall–Kier alpha value is -3.19. The predicted octanol–water partition coefficient (Wildman–Crippen LogP) is 3.50. The number of benzene rings is 2. The first-order chi connectivity index (χ1) is 13.4. The Kier molecular flexibility index (Phi) is 4.60. The quantitative estimate of drug-likeness (QED) is 0.521. The van der Waals surface area contributed by atoms with Gasteiger partial charge in [-0.3, -0.25) is 0 Å². The molecule has 2 heterocycles. The van der Waals surface area contributed by atoms with Crippen molar-refractivity contribution in [2.24, 2.45) is 0 Å². The smallest absolute Gasteiger partial charge is 0.175 e. The maximum atomic E-state index is 11.6. The second-order valence-corrected chi connectivity index (χ2v) is 8.70. The molecule has 0 radical (unpaired) electrons. The minimum absolute atomic E-state index is 0.305. The van der Waals surface area contributed by atoms with E-state index in [0.717, 1.165) is 28.5 Å². The molecule has 2 aromatic heterocycles. The molecule has 0 saturated heterocycles. The van der Waals surface area contributed by atoms with E-state index in [1.807, 2.05) is 28.5 Å². The molecule has 0 unspecified atom stereocenters. The molecule has 0 atom stereocenters. The lowest BCUT2D eigenvalue weighted by Crippen LogP contribution is -2.02. The van der Waals surface area contributed by atoms with Crippen LogP contribution in [-0.4, -0.2) is 33.8 Å². The first kappa shape index (κ1) is 18.2. The first-order valence-corrected chi connectivity index (χ1v) is 10.7. The summed E-state index contributed by atoms with van der Waals surface area (Å²) < 4.78 is 27.4. The number of hydrogen-bond donors (Lipinski definition) is 0. The third kappa shape index (κ3) is 3.61. The molecule has 4 aromatic rings. The summed E-state index contributed by atoms with van der Waals surface area (Å²) in [6.45, 7) is 2.65. The number of sulfone groups is 1. The van der Waals surface area contributed by atoms with E-state index in [4.69, 9.17) is 0 Å². The maximum absolute atomic E-state index is 11.6. The third-order valence-electron chi connectivity index (χ3n) is 4.65. The highest BCUT2D eigenvalue weighted by Gasteiger charge is 2.10. The predicted molar refractivity (Wildman–Crippen MR) is 108 cm³/mol. The van der Waals surface area contributed by atoms with Crippen LogP contribution in [0.3, 0.4) is 0 Å². The summed E-state index contributed by atoms with van der Waals surface area (Å²) in [5.41, 5.74) is 3.09. The number of imidazole rings is 2. The van der Waals surface area contributed by atoms with Crippen molar-refractivity contribution in [2.75, 3.05) is 6.26 Å². The van der Waals surface area contributed by atoms with Crippen molar-refractivity contribution < 1.29 is 8.42 Å². The van der Waals surface area contributed by atoms with Crippen molar-refractivity contribution in [1.82, 2.24) is 19.1 Å². The van der Waals surface area contributed by atoms with E-state index in [-0.39, 0.29) is 0 Å². The molecule has 0 fully saturated rings. The average Bonchev–Trinajstić information content (AvgIpc) is 3.31. The monoisotopic (exact) mass is 392 g/mol. The van der Waals surface area contributed by atoms with Gasteiger partial charge in [0.15, 0.2) is 9.84 Å². The lowest BCUT2D eigenvalue weighted by atomic mass is 10.2. The van der Waals surface area contributed by atoms with Gasteiger partial charge < -0.3 is 9.13 Å². The van der Waals surface area contributed by atoms with Crippen molar-refractivity contribution in [3.8, 4) is 17.1 Å². The summed E-state index contributed by atoms with van der Waals surface area (Å²) in [5, 5.41) is 0. The molecule has 0 aliphatic carbocycles. The van der Waals surface area contributed by atoms with Gasteiger partial charge in [0, 0.05) is 48.8 Å². The van der Waals surface area contributed by atoms with Crippen LogP contribution in [0.5, 0.6) is 0 Å². The zero-order chi connectivity index (χ0) is 19.7. The van der Waals surface area contributed by atoms with Crippen molar-refractivity contribution in [3.05, 3.63) is 84.7 Å². The Morgan fingerprint density at radius 2 is 1.57 bits per heavy atom. The number of aromatic nitrogens is 4. The summed E-state index contributed by atoms with van der Waals surface area (Å²) in [6.07, 6.45) is 8.61. The van der Waals surface area contributed by atoms with Crippen molar-refractivity contribution in [1.29, 1.82) is 0 Å². The van der Waals surface area contributed by atoms with Crippen molar-refractivity contribution in [2.45, 2.75) is 18.4 Å². The molecule has 6 nitrogen and oxygen atoms in total. The Morgan fingerprint density at radius 3 is 2.18 bits per heavy atom. The molecule has 0 aliphatic heterocycles. The molecule has 0 N–H and O–H groups in total. The fraction of sp³-hybridized carbons (Fsp3) is 0.143. The molecule has 28 heavy (non-hydrogen) atoms. The second kappa shape index (κ2) is 7.09. The number of rotatable bonds is 5. The van der Waals surface area contributed by atoms with Crippen molar-refractivity contribution in [3.63, 3.8) is 0 Å². The summed E-state index contributed by atoms with van der Waals surface area (Å²) >= 11 is 0. The van der Waals surface area contributed by atoms with Crippen LogP contribution >= 0.6 is 0 Å². The van der Waals surface area contributed by atoms with Gasteiger partial charge in [0.25, 0.3) is 0 Å². The minimum atomic E-state index is -3.21. The van der Waals surface area contributed by atoms with E-state index in [9.17, 15) is 8.42 Å². The van der Waals surface area contributed by atoms with Crippen LogP contribution in [0.2, 0.25) is 0 Å². The molecule has 4 rings (SSSR count). The Bertz CT molecular complexity index is 1200. The van der Waals surface area contributed by atoms with Gasteiger partial charge in [-0.05, 0) is 48.9 Å². The van der Waals surface area contributed by atoms with Crippen LogP contribution in [-0.2, 0) is 16.4 Å². The van der Waals surface area contributed by atoms with Gasteiger partial charge in [0.2, 0.25) is 0 Å². The van der Waals surface area contributed by atoms with Crippen LogP contribution in [0.15, 0.2) is 78.2 Å². The number of hydrogen-bond acceptors (Lipinski definition) is 4. The molecular weight excluding hydrogens is 372 g/mol. The molecule has 0 saturated carbocycles. The van der Waals surface area contributed by atoms with Crippen LogP contribution in [0.25, 0.3) is 17.1 Å². The molecule has 0 bridgehead atoms. The van der Waals surface area contributed by atoms with E-state index in [0.29, 0.717) is 11.4 Å².